The number of nitrogens with two attached hydrogens (primary N) is 1. The highest BCUT2D eigenvalue weighted by molar-refractivity contribution is 5.68. The Morgan fingerprint density at radius 3 is 2.74 bits per heavy atom. The van der Waals surface area contributed by atoms with Crippen molar-refractivity contribution in [3.63, 3.8) is 0 Å². The molecule has 2 rings (SSSR count). The maximum atomic E-state index is 9.07. The molecule has 3 N–H and O–H groups in total. The van der Waals surface area contributed by atoms with Gasteiger partial charge in [-0.1, -0.05) is 19.1 Å². The van der Waals surface area contributed by atoms with Gasteiger partial charge in [0, 0.05) is 12.0 Å². The van der Waals surface area contributed by atoms with Gasteiger partial charge >= 0.3 is 0 Å². The van der Waals surface area contributed by atoms with E-state index in [1.807, 2.05) is 32.0 Å². The molecule has 0 saturated heterocycles. The van der Waals surface area contributed by atoms with Crippen LogP contribution in [-0.4, -0.2) is 9.97 Å². The van der Waals surface area contributed by atoms with Crippen LogP contribution in [0.3, 0.4) is 0 Å². The van der Waals surface area contributed by atoms with Crippen LogP contribution in [0, 0.1) is 18.3 Å². The van der Waals surface area contributed by atoms with Crippen molar-refractivity contribution in [3.05, 3.63) is 41.2 Å². The lowest BCUT2D eigenvalue weighted by atomic mass is 10.2. The summed E-state index contributed by atoms with van der Waals surface area (Å²) in [5.74, 6) is 1.79. The molecule has 5 nitrogen and oxygen atoms in total. The Morgan fingerprint density at radius 2 is 2.05 bits per heavy atom. The van der Waals surface area contributed by atoms with Gasteiger partial charge in [0.25, 0.3) is 0 Å². The summed E-state index contributed by atoms with van der Waals surface area (Å²) in [6.07, 6.45) is 0.707. The van der Waals surface area contributed by atoms with Crippen LogP contribution in [-0.2, 0) is 6.42 Å². The standard InChI is InChI=1S/C14H15N5/c1-3-12-18-13(16)9(2)14(19-12)17-11-7-5-4-6-10(11)8-15/h4-7H,3H2,1-2H3,(H3,16,17,18,19). The summed E-state index contributed by atoms with van der Waals surface area (Å²) < 4.78 is 0. The quantitative estimate of drug-likeness (QED) is 0.877. The number of para-hydroxylation sites is 1. The lowest BCUT2D eigenvalue weighted by Gasteiger charge is -2.12. The lowest BCUT2D eigenvalue weighted by molar-refractivity contribution is 0.940. The normalized spacial score (nSPS) is 9.95. The van der Waals surface area contributed by atoms with E-state index in [4.69, 9.17) is 11.0 Å². The smallest absolute Gasteiger partial charge is 0.139 e. The van der Waals surface area contributed by atoms with Crippen LogP contribution < -0.4 is 11.1 Å². The Balaban J connectivity index is 2.44. The number of nitrogens with zero attached hydrogens (tertiary/aromatic N) is 3. The fraction of sp³-hybridized carbons (Fsp3) is 0.214. The third-order valence-electron chi connectivity index (χ3n) is 2.85. The average molecular weight is 253 g/mol. The summed E-state index contributed by atoms with van der Waals surface area (Å²) in [5.41, 5.74) is 7.93. The Bertz CT molecular complexity index is 643. The molecule has 0 fully saturated rings. The van der Waals surface area contributed by atoms with Gasteiger partial charge in [-0.2, -0.15) is 5.26 Å². The van der Waals surface area contributed by atoms with E-state index in [0.29, 0.717) is 35.1 Å². The lowest BCUT2D eigenvalue weighted by Crippen LogP contribution is -2.07. The number of nitrogen functional groups attached to an aromatic ring is 1. The predicted molar refractivity (Wildman–Crippen MR) is 75.0 cm³/mol. The van der Waals surface area contributed by atoms with Gasteiger partial charge < -0.3 is 11.1 Å². The number of anilines is 3. The van der Waals surface area contributed by atoms with E-state index in [2.05, 4.69) is 21.4 Å². The van der Waals surface area contributed by atoms with Crippen molar-refractivity contribution in [3.8, 4) is 6.07 Å². The van der Waals surface area contributed by atoms with Crippen LogP contribution in [0.4, 0.5) is 17.3 Å². The molecule has 0 atom stereocenters. The minimum atomic E-state index is 0.462. The Hall–Kier alpha value is -2.61. The molecule has 1 aromatic heterocycles. The molecule has 2 aromatic rings. The second-order valence-electron chi connectivity index (χ2n) is 4.13. The van der Waals surface area contributed by atoms with E-state index in [0.717, 1.165) is 5.56 Å². The van der Waals surface area contributed by atoms with Gasteiger partial charge in [0.1, 0.15) is 23.5 Å². The molecule has 0 unspecified atom stereocenters. The van der Waals surface area contributed by atoms with Crippen LogP contribution in [0.25, 0.3) is 0 Å². The first-order chi connectivity index (χ1) is 9.15. The van der Waals surface area contributed by atoms with E-state index < -0.39 is 0 Å². The number of rotatable bonds is 3. The summed E-state index contributed by atoms with van der Waals surface area (Å²) in [6, 6.07) is 9.42. The highest BCUT2D eigenvalue weighted by Crippen LogP contribution is 2.24. The van der Waals surface area contributed by atoms with E-state index in [1.54, 1.807) is 6.07 Å². The maximum Gasteiger partial charge on any atom is 0.139 e. The molecular weight excluding hydrogens is 238 g/mol. The zero-order valence-corrected chi connectivity index (χ0v) is 10.9. The second kappa shape index (κ2) is 5.36. The SMILES string of the molecule is CCc1nc(N)c(C)c(Nc2ccccc2C#N)n1. The summed E-state index contributed by atoms with van der Waals surface area (Å²) in [4.78, 5) is 8.61. The molecule has 19 heavy (non-hydrogen) atoms. The van der Waals surface area contributed by atoms with Gasteiger partial charge in [-0.25, -0.2) is 9.97 Å². The summed E-state index contributed by atoms with van der Waals surface area (Å²) in [5, 5.41) is 12.2. The number of nitrogens with one attached hydrogen (secondary N) is 1. The van der Waals surface area contributed by atoms with Crippen LogP contribution in [0.2, 0.25) is 0 Å². The molecule has 1 heterocycles. The fourth-order valence-corrected chi connectivity index (χ4v) is 1.68. The number of aromatic nitrogens is 2. The minimum absolute atomic E-state index is 0.462. The molecule has 0 saturated carbocycles. The molecule has 0 aliphatic carbocycles. The van der Waals surface area contributed by atoms with Crippen LogP contribution in [0.1, 0.15) is 23.9 Å². The maximum absolute atomic E-state index is 9.07. The van der Waals surface area contributed by atoms with Crippen LogP contribution in [0.15, 0.2) is 24.3 Å². The van der Waals surface area contributed by atoms with E-state index in [9.17, 15) is 0 Å². The van der Waals surface area contributed by atoms with Crippen molar-refractivity contribution in [2.24, 2.45) is 0 Å². The van der Waals surface area contributed by atoms with Crippen molar-refractivity contribution < 1.29 is 0 Å². The number of benzene rings is 1. The largest absolute Gasteiger partial charge is 0.383 e. The topological polar surface area (TPSA) is 87.6 Å². The van der Waals surface area contributed by atoms with Crippen molar-refractivity contribution in [2.75, 3.05) is 11.1 Å². The summed E-state index contributed by atoms with van der Waals surface area (Å²) in [7, 11) is 0. The summed E-state index contributed by atoms with van der Waals surface area (Å²) >= 11 is 0. The third kappa shape index (κ3) is 2.63. The van der Waals surface area contributed by atoms with Gasteiger partial charge in [0.2, 0.25) is 0 Å². The van der Waals surface area contributed by atoms with E-state index >= 15 is 0 Å². The fourth-order valence-electron chi connectivity index (χ4n) is 1.68. The Morgan fingerprint density at radius 1 is 1.32 bits per heavy atom. The number of hydrogen-bond donors (Lipinski definition) is 2. The Kier molecular flexibility index (Phi) is 3.62. The van der Waals surface area contributed by atoms with Crippen LogP contribution in [0.5, 0.6) is 0 Å². The highest BCUT2D eigenvalue weighted by Gasteiger charge is 2.09. The van der Waals surface area contributed by atoms with E-state index in [1.165, 1.54) is 0 Å². The molecule has 0 amide bonds. The first kappa shape index (κ1) is 12.8. The van der Waals surface area contributed by atoms with Crippen molar-refractivity contribution in [1.82, 2.24) is 9.97 Å². The molecule has 0 radical (unpaired) electrons. The van der Waals surface area contributed by atoms with Gasteiger partial charge in [0.05, 0.1) is 11.3 Å². The zero-order valence-electron chi connectivity index (χ0n) is 10.9. The van der Waals surface area contributed by atoms with Gasteiger partial charge in [-0.15, -0.1) is 0 Å². The minimum Gasteiger partial charge on any atom is -0.383 e. The molecule has 0 aliphatic rings. The predicted octanol–water partition coefficient (Wildman–Crippen LogP) is 2.54. The van der Waals surface area contributed by atoms with Gasteiger partial charge in [-0.05, 0) is 19.1 Å². The monoisotopic (exact) mass is 253 g/mol. The first-order valence-electron chi connectivity index (χ1n) is 6.04. The zero-order chi connectivity index (χ0) is 13.8. The molecule has 0 bridgehead atoms. The summed E-state index contributed by atoms with van der Waals surface area (Å²) in [6.45, 7) is 3.82. The van der Waals surface area contributed by atoms with Crippen LogP contribution >= 0.6 is 0 Å². The van der Waals surface area contributed by atoms with Gasteiger partial charge in [0.15, 0.2) is 0 Å². The van der Waals surface area contributed by atoms with Crippen molar-refractivity contribution >= 4 is 17.3 Å². The number of aryl methyl sites for hydroxylation is 1. The Labute approximate surface area is 112 Å². The highest BCUT2D eigenvalue weighted by atomic mass is 15.1. The van der Waals surface area contributed by atoms with Crippen molar-refractivity contribution in [1.29, 1.82) is 5.26 Å². The number of hydrogen-bond acceptors (Lipinski definition) is 5. The van der Waals surface area contributed by atoms with E-state index in [-0.39, 0.29) is 0 Å². The molecule has 0 spiro atoms. The molecule has 1 aromatic carbocycles. The first-order valence-corrected chi connectivity index (χ1v) is 6.04. The third-order valence-corrected chi connectivity index (χ3v) is 2.85. The molecule has 96 valence electrons. The molecule has 5 heteroatoms. The van der Waals surface area contributed by atoms with Crippen molar-refractivity contribution in [2.45, 2.75) is 20.3 Å². The molecular formula is C14H15N5. The average Bonchev–Trinajstić information content (AvgIpc) is 2.44. The van der Waals surface area contributed by atoms with Gasteiger partial charge in [-0.3, -0.25) is 0 Å². The second-order valence-corrected chi connectivity index (χ2v) is 4.13. The number of nitriles is 1. The molecule has 0 aliphatic heterocycles.